The van der Waals surface area contributed by atoms with E-state index in [9.17, 15) is 4.79 Å². The summed E-state index contributed by atoms with van der Waals surface area (Å²) < 4.78 is 10.5. The quantitative estimate of drug-likeness (QED) is 0.449. The Morgan fingerprint density at radius 2 is 1.89 bits per heavy atom. The molecule has 0 aliphatic heterocycles. The van der Waals surface area contributed by atoms with Crippen molar-refractivity contribution in [1.82, 2.24) is 0 Å². The maximum Gasteiger partial charge on any atom is 0.315 e. The fourth-order valence-electron chi connectivity index (χ4n) is 1.61. The lowest BCUT2D eigenvalue weighted by Crippen LogP contribution is -2.23. The Bertz CT molecular complexity index is 475. The minimum Gasteiger partial charge on any atom is -0.490 e. The van der Waals surface area contributed by atoms with Crippen molar-refractivity contribution in [1.29, 1.82) is 0 Å². The molecule has 1 atom stereocenters. The smallest absolute Gasteiger partial charge is 0.315 e. The monoisotopic (exact) mass is 366 g/mol. The van der Waals surface area contributed by atoms with E-state index in [-0.39, 0.29) is 12.6 Å². The van der Waals surface area contributed by atoms with Crippen molar-refractivity contribution in [3.05, 3.63) is 28.7 Å². The molecule has 1 aromatic carbocycles. The van der Waals surface area contributed by atoms with Crippen LogP contribution in [0.2, 0.25) is 0 Å². The number of ether oxygens (including phenoxy) is 2. The van der Waals surface area contributed by atoms with Crippen LogP contribution in [0.25, 0.3) is 0 Å². The zero-order chi connectivity index (χ0) is 14.1. The third-order valence-electron chi connectivity index (χ3n) is 3.11. The molecule has 1 aliphatic carbocycles. The molecule has 1 aromatic rings. The molecule has 2 rings (SSSR count). The van der Waals surface area contributed by atoms with Crippen LogP contribution in [-0.2, 0) is 9.53 Å². The normalized spacial score (nSPS) is 23.8. The highest BCUT2D eigenvalue weighted by Crippen LogP contribution is 2.64. The number of halogens is 3. The summed E-state index contributed by atoms with van der Waals surface area (Å²) in [5, 5.41) is 0. The van der Waals surface area contributed by atoms with Crippen LogP contribution < -0.4 is 4.74 Å². The van der Waals surface area contributed by atoms with Crippen LogP contribution in [0.5, 0.6) is 5.75 Å². The van der Waals surface area contributed by atoms with Crippen LogP contribution in [0.3, 0.4) is 0 Å². The van der Waals surface area contributed by atoms with Gasteiger partial charge in [-0.2, -0.15) is 0 Å². The van der Waals surface area contributed by atoms with Gasteiger partial charge >= 0.3 is 5.97 Å². The van der Waals surface area contributed by atoms with Crippen molar-refractivity contribution in [3.8, 4) is 5.75 Å². The predicted octanol–water partition coefficient (Wildman–Crippen LogP) is 3.96. The number of esters is 1. The SMILES string of the molecule is CC1(C(=O)OCCOc2ccc(Br)cc2)CC1(Cl)Cl. The Morgan fingerprint density at radius 1 is 1.32 bits per heavy atom. The first-order valence-corrected chi connectivity index (χ1v) is 7.33. The lowest BCUT2D eigenvalue weighted by atomic mass is 10.1. The minimum absolute atomic E-state index is 0.175. The molecule has 0 aromatic heterocycles. The van der Waals surface area contributed by atoms with E-state index in [1.54, 1.807) is 6.92 Å². The molecule has 0 spiro atoms. The Kier molecular flexibility index (Phi) is 4.33. The summed E-state index contributed by atoms with van der Waals surface area (Å²) in [5.74, 6) is 0.345. The van der Waals surface area contributed by atoms with Crippen molar-refractivity contribution in [3.63, 3.8) is 0 Å². The van der Waals surface area contributed by atoms with Crippen LogP contribution in [-0.4, -0.2) is 23.5 Å². The lowest BCUT2D eigenvalue weighted by Gasteiger charge is -2.12. The fraction of sp³-hybridized carbons (Fsp3) is 0.462. The molecule has 3 nitrogen and oxygen atoms in total. The molecule has 0 bridgehead atoms. The molecule has 0 radical (unpaired) electrons. The van der Waals surface area contributed by atoms with Crippen molar-refractivity contribution in [2.45, 2.75) is 17.7 Å². The van der Waals surface area contributed by atoms with Gasteiger partial charge in [-0.1, -0.05) is 15.9 Å². The number of hydrogen-bond acceptors (Lipinski definition) is 3. The number of carbonyl (C=O) groups is 1. The van der Waals surface area contributed by atoms with Gasteiger partial charge in [0.2, 0.25) is 0 Å². The molecule has 0 saturated heterocycles. The van der Waals surface area contributed by atoms with Crippen molar-refractivity contribution in [2.75, 3.05) is 13.2 Å². The molecule has 1 saturated carbocycles. The van der Waals surface area contributed by atoms with Gasteiger partial charge in [-0.25, -0.2) is 0 Å². The van der Waals surface area contributed by atoms with Gasteiger partial charge in [0.05, 0.1) is 0 Å². The molecule has 0 heterocycles. The van der Waals surface area contributed by atoms with E-state index in [0.717, 1.165) is 10.2 Å². The largest absolute Gasteiger partial charge is 0.490 e. The van der Waals surface area contributed by atoms with E-state index in [0.29, 0.717) is 13.0 Å². The van der Waals surface area contributed by atoms with Crippen molar-refractivity contribution < 1.29 is 14.3 Å². The lowest BCUT2D eigenvalue weighted by molar-refractivity contribution is -0.150. The zero-order valence-electron chi connectivity index (χ0n) is 10.3. The molecule has 0 amide bonds. The molecule has 1 unspecified atom stereocenters. The Labute approximate surface area is 130 Å². The van der Waals surface area contributed by atoms with Crippen LogP contribution in [0.15, 0.2) is 28.7 Å². The summed E-state index contributed by atoms with van der Waals surface area (Å²) in [6, 6.07) is 7.41. The summed E-state index contributed by atoms with van der Waals surface area (Å²) >= 11 is 15.1. The van der Waals surface area contributed by atoms with E-state index in [4.69, 9.17) is 32.7 Å². The molecular weight excluding hydrogens is 355 g/mol. The number of carbonyl (C=O) groups excluding carboxylic acids is 1. The van der Waals surface area contributed by atoms with E-state index >= 15 is 0 Å². The average Bonchev–Trinajstić information content (AvgIpc) is 2.87. The van der Waals surface area contributed by atoms with Gasteiger partial charge in [-0.15, -0.1) is 23.2 Å². The highest BCUT2D eigenvalue weighted by atomic mass is 79.9. The van der Waals surface area contributed by atoms with Crippen molar-refractivity contribution in [2.24, 2.45) is 5.41 Å². The topological polar surface area (TPSA) is 35.5 Å². The Balaban J connectivity index is 1.70. The van der Waals surface area contributed by atoms with Gasteiger partial charge in [0.15, 0.2) is 0 Å². The molecular formula is C13H13BrCl2O3. The van der Waals surface area contributed by atoms with Crippen LogP contribution in [0.1, 0.15) is 13.3 Å². The van der Waals surface area contributed by atoms with Gasteiger partial charge in [0, 0.05) is 10.9 Å². The second-order valence-electron chi connectivity index (χ2n) is 4.65. The first kappa shape index (κ1) is 14.9. The molecule has 0 N–H and O–H groups in total. The van der Waals surface area contributed by atoms with E-state index in [1.807, 2.05) is 24.3 Å². The summed E-state index contributed by atoms with van der Waals surface area (Å²) in [5.41, 5.74) is -0.784. The van der Waals surface area contributed by atoms with Gasteiger partial charge in [0.25, 0.3) is 0 Å². The van der Waals surface area contributed by atoms with Gasteiger partial charge in [-0.3, -0.25) is 4.79 Å². The second-order valence-corrected chi connectivity index (χ2v) is 7.05. The highest BCUT2D eigenvalue weighted by Gasteiger charge is 2.69. The van der Waals surface area contributed by atoms with Crippen LogP contribution in [0, 0.1) is 5.41 Å². The third-order valence-corrected chi connectivity index (χ3v) is 4.74. The van der Waals surface area contributed by atoms with Gasteiger partial charge in [0.1, 0.15) is 28.7 Å². The van der Waals surface area contributed by atoms with Crippen LogP contribution >= 0.6 is 39.1 Å². The third kappa shape index (κ3) is 3.36. The first-order chi connectivity index (χ1) is 8.85. The van der Waals surface area contributed by atoms with E-state index in [2.05, 4.69) is 15.9 Å². The molecule has 1 fully saturated rings. The molecule has 1 aliphatic rings. The summed E-state index contributed by atoms with van der Waals surface area (Å²) in [4.78, 5) is 11.7. The number of alkyl halides is 2. The minimum atomic E-state index is -0.989. The maximum absolute atomic E-state index is 11.7. The standard InChI is InChI=1S/C13H13BrCl2O3/c1-12(8-13(12,15)16)11(17)19-7-6-18-10-4-2-9(14)3-5-10/h2-5H,6-8H2,1H3. The summed E-state index contributed by atoms with van der Waals surface area (Å²) in [7, 11) is 0. The van der Waals surface area contributed by atoms with Crippen LogP contribution in [0.4, 0.5) is 0 Å². The molecule has 104 valence electrons. The fourth-order valence-corrected chi connectivity index (χ4v) is 2.56. The van der Waals surface area contributed by atoms with E-state index in [1.165, 1.54) is 0 Å². The Hall–Kier alpha value is -0.450. The zero-order valence-corrected chi connectivity index (χ0v) is 13.4. The predicted molar refractivity (Wildman–Crippen MR) is 77.8 cm³/mol. The summed E-state index contributed by atoms with van der Waals surface area (Å²) in [6.07, 6.45) is 0.426. The van der Waals surface area contributed by atoms with Gasteiger partial charge < -0.3 is 9.47 Å². The average molecular weight is 368 g/mol. The first-order valence-electron chi connectivity index (χ1n) is 5.79. The van der Waals surface area contributed by atoms with Gasteiger partial charge in [-0.05, 0) is 31.2 Å². The molecule has 19 heavy (non-hydrogen) atoms. The highest BCUT2D eigenvalue weighted by molar-refractivity contribution is 9.10. The maximum atomic E-state index is 11.7. The molecule has 6 heteroatoms. The summed E-state index contributed by atoms with van der Waals surface area (Å²) in [6.45, 7) is 2.17. The number of rotatable bonds is 5. The van der Waals surface area contributed by atoms with Crippen molar-refractivity contribution >= 4 is 45.1 Å². The number of benzene rings is 1. The van der Waals surface area contributed by atoms with E-state index < -0.39 is 9.75 Å². The number of hydrogen-bond donors (Lipinski definition) is 0. The second kappa shape index (κ2) is 5.51. The Morgan fingerprint density at radius 3 is 2.42 bits per heavy atom.